The van der Waals surface area contributed by atoms with Gasteiger partial charge in [0, 0.05) is 13.1 Å². The Hall–Kier alpha value is -1.55. The fourth-order valence-corrected chi connectivity index (χ4v) is 1.95. The van der Waals surface area contributed by atoms with E-state index in [4.69, 9.17) is 20.9 Å². The molecule has 122 valence electrons. The summed E-state index contributed by atoms with van der Waals surface area (Å²) in [6, 6.07) is 7.35. The van der Waals surface area contributed by atoms with Gasteiger partial charge in [-0.05, 0) is 17.7 Å². The minimum Gasteiger partial charge on any atom is -0.484 e. The molecule has 1 amide bonds. The molecule has 8 heteroatoms. The number of guanidine groups is 1. The Morgan fingerprint density at radius 1 is 1.32 bits per heavy atom. The van der Waals surface area contributed by atoms with E-state index in [0.717, 1.165) is 18.7 Å². The molecule has 22 heavy (non-hydrogen) atoms. The number of benzene rings is 1. The fraction of sp³-hybridized carbons (Fsp3) is 0.429. The molecule has 0 aliphatic carbocycles. The lowest BCUT2D eigenvalue weighted by Gasteiger charge is -2.27. The maximum Gasteiger partial charge on any atom is 0.255 e. The maximum absolute atomic E-state index is 10.7. The zero-order valence-electron chi connectivity index (χ0n) is 12.2. The molecular weight excluding hydrogens is 399 g/mol. The molecule has 1 aliphatic heterocycles. The van der Waals surface area contributed by atoms with Crippen LogP contribution >= 0.6 is 24.0 Å². The van der Waals surface area contributed by atoms with Crippen LogP contribution in [0.3, 0.4) is 0 Å². The van der Waals surface area contributed by atoms with Crippen LogP contribution in [0, 0.1) is 0 Å². The lowest BCUT2D eigenvalue weighted by Crippen LogP contribution is -2.44. The van der Waals surface area contributed by atoms with Crippen LogP contribution in [0.25, 0.3) is 0 Å². The van der Waals surface area contributed by atoms with Gasteiger partial charge in [-0.3, -0.25) is 4.79 Å². The van der Waals surface area contributed by atoms with Gasteiger partial charge in [0.15, 0.2) is 12.6 Å². The highest BCUT2D eigenvalue weighted by Gasteiger charge is 2.11. The van der Waals surface area contributed by atoms with E-state index >= 15 is 0 Å². The third kappa shape index (κ3) is 6.06. The molecule has 0 atom stereocenters. The molecule has 0 bridgehead atoms. The summed E-state index contributed by atoms with van der Waals surface area (Å²) in [7, 11) is 0. The SMILES string of the molecule is I.NC(=O)COc1cccc(CN=C(N)N2CCOCC2)c1. The lowest BCUT2D eigenvalue weighted by atomic mass is 10.2. The Morgan fingerprint density at radius 3 is 2.73 bits per heavy atom. The molecule has 1 aromatic carbocycles. The maximum atomic E-state index is 10.7. The summed E-state index contributed by atoms with van der Waals surface area (Å²) >= 11 is 0. The van der Waals surface area contributed by atoms with Crippen molar-refractivity contribution in [3.63, 3.8) is 0 Å². The first-order valence-electron chi connectivity index (χ1n) is 6.78. The summed E-state index contributed by atoms with van der Waals surface area (Å²) in [4.78, 5) is 17.1. The number of amides is 1. The fourth-order valence-electron chi connectivity index (χ4n) is 1.95. The molecule has 0 spiro atoms. The van der Waals surface area contributed by atoms with Crippen LogP contribution in [0.1, 0.15) is 5.56 Å². The molecular formula is C14H21IN4O3. The first-order chi connectivity index (χ1) is 10.1. The van der Waals surface area contributed by atoms with Crippen molar-refractivity contribution in [2.75, 3.05) is 32.9 Å². The Bertz CT molecular complexity index is 519. The van der Waals surface area contributed by atoms with Gasteiger partial charge in [0.25, 0.3) is 5.91 Å². The highest BCUT2D eigenvalue weighted by molar-refractivity contribution is 14.0. The van der Waals surface area contributed by atoms with E-state index in [1.54, 1.807) is 6.07 Å². The van der Waals surface area contributed by atoms with Crippen molar-refractivity contribution >= 4 is 35.8 Å². The summed E-state index contributed by atoms with van der Waals surface area (Å²) in [5.41, 5.74) is 12.0. The second kappa shape index (κ2) is 9.46. The van der Waals surface area contributed by atoms with Gasteiger partial charge in [-0.15, -0.1) is 24.0 Å². The molecule has 0 unspecified atom stereocenters. The van der Waals surface area contributed by atoms with Gasteiger partial charge in [0.05, 0.1) is 19.8 Å². The number of primary amides is 1. The van der Waals surface area contributed by atoms with Gasteiger partial charge >= 0.3 is 0 Å². The molecule has 1 fully saturated rings. The minimum absolute atomic E-state index is 0. The quantitative estimate of drug-likeness (QED) is 0.406. The summed E-state index contributed by atoms with van der Waals surface area (Å²) in [5, 5.41) is 0. The highest BCUT2D eigenvalue weighted by Crippen LogP contribution is 2.14. The number of rotatable bonds is 5. The van der Waals surface area contributed by atoms with Gasteiger partial charge in [-0.2, -0.15) is 0 Å². The van der Waals surface area contributed by atoms with Crippen LogP contribution in [0.4, 0.5) is 0 Å². The molecule has 0 saturated carbocycles. The predicted octanol–water partition coefficient (Wildman–Crippen LogP) is 0.316. The molecule has 1 aliphatic rings. The Morgan fingerprint density at radius 2 is 2.05 bits per heavy atom. The number of nitrogens with two attached hydrogens (primary N) is 2. The molecule has 1 saturated heterocycles. The first-order valence-corrected chi connectivity index (χ1v) is 6.78. The van der Waals surface area contributed by atoms with Crippen molar-refractivity contribution < 1.29 is 14.3 Å². The van der Waals surface area contributed by atoms with E-state index in [-0.39, 0.29) is 30.6 Å². The average Bonchev–Trinajstić information content (AvgIpc) is 2.52. The van der Waals surface area contributed by atoms with Gasteiger partial charge in [-0.25, -0.2) is 4.99 Å². The van der Waals surface area contributed by atoms with E-state index in [1.165, 1.54) is 0 Å². The number of ether oxygens (including phenoxy) is 2. The number of halogens is 1. The number of carbonyl (C=O) groups is 1. The second-order valence-corrected chi connectivity index (χ2v) is 4.68. The van der Waals surface area contributed by atoms with E-state index < -0.39 is 5.91 Å². The number of hydrogen-bond donors (Lipinski definition) is 2. The Labute approximate surface area is 146 Å². The van der Waals surface area contributed by atoms with Crippen molar-refractivity contribution in [2.24, 2.45) is 16.5 Å². The van der Waals surface area contributed by atoms with Crippen LogP contribution in [-0.4, -0.2) is 49.7 Å². The monoisotopic (exact) mass is 420 g/mol. The lowest BCUT2D eigenvalue weighted by molar-refractivity contribution is -0.119. The summed E-state index contributed by atoms with van der Waals surface area (Å²) in [5.74, 6) is 0.600. The van der Waals surface area contributed by atoms with Crippen LogP contribution in [0.5, 0.6) is 5.75 Å². The van der Waals surface area contributed by atoms with Crippen molar-refractivity contribution in [3.05, 3.63) is 29.8 Å². The molecule has 7 nitrogen and oxygen atoms in total. The molecule has 2 rings (SSSR count). The highest BCUT2D eigenvalue weighted by atomic mass is 127. The third-order valence-corrected chi connectivity index (χ3v) is 3.04. The third-order valence-electron chi connectivity index (χ3n) is 3.04. The zero-order valence-corrected chi connectivity index (χ0v) is 14.6. The molecule has 0 aromatic heterocycles. The first kappa shape index (κ1) is 18.5. The number of morpholine rings is 1. The van der Waals surface area contributed by atoms with E-state index in [9.17, 15) is 4.79 Å². The topological polar surface area (TPSA) is 103 Å². The smallest absolute Gasteiger partial charge is 0.255 e. The summed E-state index contributed by atoms with van der Waals surface area (Å²) in [6.45, 7) is 3.19. The van der Waals surface area contributed by atoms with Gasteiger partial charge in [-0.1, -0.05) is 12.1 Å². The van der Waals surface area contributed by atoms with Gasteiger partial charge < -0.3 is 25.8 Å². The normalized spacial score (nSPS) is 15.1. The zero-order chi connectivity index (χ0) is 15.1. The van der Waals surface area contributed by atoms with Crippen LogP contribution in [-0.2, 0) is 16.1 Å². The number of hydrogen-bond acceptors (Lipinski definition) is 4. The second-order valence-electron chi connectivity index (χ2n) is 4.68. The predicted molar refractivity (Wildman–Crippen MR) is 94.3 cm³/mol. The van der Waals surface area contributed by atoms with Crippen LogP contribution in [0.2, 0.25) is 0 Å². The standard InChI is InChI=1S/C14H20N4O3.HI/c15-13(19)10-21-12-3-1-2-11(8-12)9-17-14(16)18-4-6-20-7-5-18;/h1-3,8H,4-7,9-10H2,(H2,15,19)(H2,16,17);1H. The van der Waals surface area contributed by atoms with Crippen molar-refractivity contribution in [2.45, 2.75) is 6.54 Å². The minimum atomic E-state index is -0.505. The van der Waals surface area contributed by atoms with Crippen molar-refractivity contribution in [3.8, 4) is 5.75 Å². The van der Waals surface area contributed by atoms with Crippen molar-refractivity contribution in [1.82, 2.24) is 4.90 Å². The number of nitrogens with zero attached hydrogens (tertiary/aromatic N) is 2. The van der Waals surface area contributed by atoms with E-state index in [1.807, 2.05) is 23.1 Å². The van der Waals surface area contributed by atoms with Gasteiger partial charge in [0.2, 0.25) is 0 Å². The largest absolute Gasteiger partial charge is 0.484 e. The average molecular weight is 420 g/mol. The number of carbonyl (C=O) groups excluding carboxylic acids is 1. The van der Waals surface area contributed by atoms with Crippen LogP contribution < -0.4 is 16.2 Å². The molecule has 4 N–H and O–H groups in total. The van der Waals surface area contributed by atoms with Gasteiger partial charge in [0.1, 0.15) is 5.75 Å². The van der Waals surface area contributed by atoms with Crippen molar-refractivity contribution in [1.29, 1.82) is 0 Å². The Balaban J connectivity index is 0.00000242. The molecule has 0 radical (unpaired) electrons. The number of aliphatic imine (C=N–C) groups is 1. The van der Waals surface area contributed by atoms with E-state index in [2.05, 4.69) is 4.99 Å². The summed E-state index contributed by atoms with van der Waals surface area (Å²) in [6.07, 6.45) is 0. The molecule has 1 heterocycles. The van der Waals surface area contributed by atoms with Crippen LogP contribution in [0.15, 0.2) is 29.3 Å². The van der Waals surface area contributed by atoms with E-state index in [0.29, 0.717) is 31.5 Å². The Kier molecular flexibility index (Phi) is 7.96. The summed E-state index contributed by atoms with van der Waals surface area (Å²) < 4.78 is 10.5. The molecule has 1 aromatic rings.